The second-order valence-electron chi connectivity index (χ2n) is 21.6. The highest BCUT2D eigenvalue weighted by Crippen LogP contribution is 2.55. The zero-order chi connectivity index (χ0) is 44.2. The minimum atomic E-state index is 0.114. The fourth-order valence-corrected chi connectivity index (χ4v) is 11.7. The summed E-state index contributed by atoms with van der Waals surface area (Å²) in [6, 6.07) is 19.1. The minimum Gasteiger partial charge on any atom is -0.340 e. The molecule has 0 radical (unpaired) electrons. The molecule has 10 rings (SSSR count). The van der Waals surface area contributed by atoms with Crippen LogP contribution in [0.3, 0.4) is 0 Å². The predicted molar refractivity (Wildman–Crippen MR) is 269 cm³/mol. The van der Waals surface area contributed by atoms with Crippen LogP contribution in [0.4, 0.5) is 5.69 Å². The van der Waals surface area contributed by atoms with Gasteiger partial charge in [0.2, 0.25) is 0 Å². The van der Waals surface area contributed by atoms with E-state index in [4.69, 9.17) is 15.0 Å². The van der Waals surface area contributed by atoms with Crippen LogP contribution in [0.2, 0.25) is 0 Å². The summed E-state index contributed by atoms with van der Waals surface area (Å²) in [7, 11) is 0. The van der Waals surface area contributed by atoms with E-state index in [0.29, 0.717) is 29.7 Å². The number of anilines is 1. The molecule has 4 heteroatoms. The van der Waals surface area contributed by atoms with Crippen LogP contribution in [0.15, 0.2) is 155 Å². The van der Waals surface area contributed by atoms with Gasteiger partial charge in [-0.15, -0.1) is 0 Å². The van der Waals surface area contributed by atoms with Crippen molar-refractivity contribution in [1.82, 2.24) is 15.0 Å². The Morgan fingerprint density at radius 3 is 2.08 bits per heavy atom. The monoisotopic (exact) mass is 845 g/mol. The number of fused-ring (bicyclic) bond motifs is 2. The van der Waals surface area contributed by atoms with E-state index in [1.807, 2.05) is 0 Å². The first kappa shape index (κ1) is 42.6. The largest absolute Gasteiger partial charge is 0.340 e. The highest BCUT2D eigenvalue weighted by Gasteiger charge is 2.47. The fraction of sp³-hybridized carbons (Fsp3) is 0.417. The summed E-state index contributed by atoms with van der Waals surface area (Å²) >= 11 is 0. The van der Waals surface area contributed by atoms with Gasteiger partial charge in [-0.3, -0.25) is 0 Å². The lowest BCUT2D eigenvalue weighted by Gasteiger charge is -2.39. The zero-order valence-electron chi connectivity index (χ0n) is 39.5. The van der Waals surface area contributed by atoms with Crippen LogP contribution in [-0.2, 0) is 0 Å². The molecule has 0 saturated carbocycles. The van der Waals surface area contributed by atoms with E-state index in [0.717, 1.165) is 99.2 Å². The quantitative estimate of drug-likeness (QED) is 0.222. The molecule has 0 spiro atoms. The van der Waals surface area contributed by atoms with E-state index in [1.54, 1.807) is 11.1 Å². The normalized spacial score (nSPS) is 25.8. The molecule has 2 aromatic carbocycles. The first-order valence-electron chi connectivity index (χ1n) is 24.6. The summed E-state index contributed by atoms with van der Waals surface area (Å²) in [6.07, 6.45) is 40.0. The maximum atomic E-state index is 5.55. The molecule has 4 nitrogen and oxygen atoms in total. The van der Waals surface area contributed by atoms with Gasteiger partial charge in [0.15, 0.2) is 17.5 Å². The molecule has 3 aromatic rings. The Morgan fingerprint density at radius 1 is 0.641 bits per heavy atom. The van der Waals surface area contributed by atoms with Crippen molar-refractivity contribution >= 4 is 16.8 Å². The third-order valence-corrected chi connectivity index (χ3v) is 15.3. The topological polar surface area (TPSA) is 41.9 Å². The molecule has 1 aromatic heterocycles. The van der Waals surface area contributed by atoms with Crippen molar-refractivity contribution in [2.45, 2.75) is 137 Å². The predicted octanol–water partition coefficient (Wildman–Crippen LogP) is 15.7. The molecule has 7 aliphatic rings. The van der Waals surface area contributed by atoms with Gasteiger partial charge in [-0.1, -0.05) is 169 Å². The molecule has 64 heavy (non-hydrogen) atoms. The maximum absolute atomic E-state index is 5.55. The highest BCUT2D eigenvalue weighted by atomic mass is 15.2. The second kappa shape index (κ2) is 17.2. The van der Waals surface area contributed by atoms with Crippen molar-refractivity contribution in [3.63, 3.8) is 0 Å². The molecule has 0 fully saturated rings. The molecular weight excluding hydrogens is 777 g/mol. The molecular formula is C60H68N4. The van der Waals surface area contributed by atoms with Crippen LogP contribution in [0.25, 0.3) is 22.5 Å². The van der Waals surface area contributed by atoms with Crippen LogP contribution in [0.5, 0.6) is 0 Å². The number of hydrogen-bond acceptors (Lipinski definition) is 4. The van der Waals surface area contributed by atoms with E-state index in [2.05, 4.69) is 175 Å². The summed E-state index contributed by atoms with van der Waals surface area (Å²) in [4.78, 5) is 19.2. The first-order chi connectivity index (χ1) is 30.9. The number of benzene rings is 2. The lowest BCUT2D eigenvalue weighted by atomic mass is 9.71. The summed E-state index contributed by atoms with van der Waals surface area (Å²) in [5.41, 5.74) is 16.8. The number of rotatable bonds is 7. The van der Waals surface area contributed by atoms with Crippen molar-refractivity contribution < 1.29 is 0 Å². The van der Waals surface area contributed by atoms with Gasteiger partial charge in [0.1, 0.15) is 0 Å². The second-order valence-corrected chi connectivity index (χ2v) is 21.6. The van der Waals surface area contributed by atoms with Crippen molar-refractivity contribution in [2.75, 3.05) is 4.90 Å². The SMILES string of the molecule is CC1CC(C(C)(C)C)=CC2=C1N(c1ccc(C3CC(C4=CCCC=C4)=CCC3c3ccccc3)cc1-c1nc(C3=CCCC=C3)nc(C3=CC=CCC3)n1)C1CCC(C(C)(C)C)=CC21. The first-order valence-corrected chi connectivity index (χ1v) is 24.6. The van der Waals surface area contributed by atoms with E-state index in [-0.39, 0.29) is 10.8 Å². The number of aromatic nitrogens is 3. The van der Waals surface area contributed by atoms with Crippen molar-refractivity contribution in [3.05, 3.63) is 178 Å². The van der Waals surface area contributed by atoms with Crippen molar-refractivity contribution in [1.29, 1.82) is 0 Å². The highest BCUT2D eigenvalue weighted by molar-refractivity contribution is 5.82. The van der Waals surface area contributed by atoms with Gasteiger partial charge in [-0.25, -0.2) is 15.0 Å². The Bertz CT molecular complexity index is 2640. The lowest BCUT2D eigenvalue weighted by molar-refractivity contribution is 0.420. The standard InChI is InChI=1S/C60H68N4/c1-39-34-47(60(5,6)7)38-51-50-37-46(59(2,3)4)30-33-53(50)64(55(39)51)54-32-29-45(49-35-44(40-20-12-8-13-21-40)28-31-48(49)41-22-14-9-15-23-41)36-52(54)58-62-56(42-24-16-10-17-25-42)61-57(63-58)43-26-18-11-19-27-43/h9-10,12,14-16,18,20-24,26-29,32,36-39,48-50,53H,8,11,13,17,19,25,30-31,33-35H2,1-7H3. The Hall–Kier alpha value is -5.35. The maximum Gasteiger partial charge on any atom is 0.166 e. The van der Waals surface area contributed by atoms with E-state index < -0.39 is 0 Å². The van der Waals surface area contributed by atoms with E-state index >= 15 is 0 Å². The smallest absolute Gasteiger partial charge is 0.166 e. The van der Waals surface area contributed by atoms with Crippen LogP contribution < -0.4 is 4.90 Å². The molecule has 328 valence electrons. The van der Waals surface area contributed by atoms with E-state index in [9.17, 15) is 0 Å². The minimum absolute atomic E-state index is 0.114. The molecule has 1 aliphatic heterocycles. The van der Waals surface area contributed by atoms with Gasteiger partial charge in [0.25, 0.3) is 0 Å². The average Bonchev–Trinajstić information content (AvgIpc) is 3.66. The molecule has 0 bridgehead atoms. The molecule has 0 N–H and O–H groups in total. The molecule has 0 amide bonds. The molecule has 5 unspecified atom stereocenters. The van der Waals surface area contributed by atoms with Gasteiger partial charge in [-0.05, 0) is 139 Å². The third kappa shape index (κ3) is 8.27. The zero-order valence-corrected chi connectivity index (χ0v) is 39.5. The third-order valence-electron chi connectivity index (χ3n) is 15.3. The van der Waals surface area contributed by atoms with Gasteiger partial charge < -0.3 is 4.90 Å². The van der Waals surface area contributed by atoms with Crippen molar-refractivity contribution in [2.24, 2.45) is 22.7 Å². The van der Waals surface area contributed by atoms with E-state index in [1.165, 1.54) is 44.8 Å². The Morgan fingerprint density at radius 2 is 1.38 bits per heavy atom. The Kier molecular flexibility index (Phi) is 11.5. The number of hydrogen-bond donors (Lipinski definition) is 0. The Balaban J connectivity index is 1.20. The summed E-state index contributed by atoms with van der Waals surface area (Å²) in [5, 5.41) is 0. The summed E-state index contributed by atoms with van der Waals surface area (Å²) in [5.74, 6) is 3.74. The lowest BCUT2D eigenvalue weighted by Crippen LogP contribution is -2.38. The van der Waals surface area contributed by atoms with Crippen molar-refractivity contribution in [3.8, 4) is 11.4 Å². The summed E-state index contributed by atoms with van der Waals surface area (Å²) < 4.78 is 0. The van der Waals surface area contributed by atoms with Crippen LogP contribution in [-0.4, -0.2) is 21.0 Å². The van der Waals surface area contributed by atoms with Crippen LogP contribution in [0, 0.1) is 22.7 Å². The number of nitrogens with zero attached hydrogens (tertiary/aromatic N) is 4. The number of allylic oxidation sites excluding steroid dienone is 18. The average molecular weight is 845 g/mol. The van der Waals surface area contributed by atoms with Gasteiger partial charge in [-0.2, -0.15) is 0 Å². The molecule has 5 atom stereocenters. The molecule has 0 saturated heterocycles. The molecule has 2 heterocycles. The van der Waals surface area contributed by atoms with Crippen LogP contribution in [0.1, 0.15) is 154 Å². The molecule has 6 aliphatic carbocycles. The van der Waals surface area contributed by atoms with Crippen LogP contribution >= 0.6 is 0 Å². The fourth-order valence-electron chi connectivity index (χ4n) is 11.7. The van der Waals surface area contributed by atoms with Gasteiger partial charge >= 0.3 is 0 Å². The van der Waals surface area contributed by atoms with Gasteiger partial charge in [0, 0.05) is 34.7 Å². The van der Waals surface area contributed by atoms with Gasteiger partial charge in [0.05, 0.1) is 5.69 Å². The Labute approximate surface area is 383 Å². The summed E-state index contributed by atoms with van der Waals surface area (Å²) in [6.45, 7) is 16.9.